The monoisotopic (exact) mass is 485 g/mol. The number of carbonyl (C=O) groups excluding carboxylic acids is 2. The molecule has 2 aromatic heterocycles. The van der Waals surface area contributed by atoms with E-state index >= 15 is 0 Å². The van der Waals surface area contributed by atoms with Gasteiger partial charge in [0.25, 0.3) is 11.5 Å². The molecule has 2 aliphatic heterocycles. The molecule has 2 amide bonds. The SMILES string of the molecule is CCC(C)N1C(=O)C(=Cc2c(N3CCC(C(N)=O)CC3)nc3ccc(C)cn3c2=O)SC1=S. The first kappa shape index (κ1) is 23.4. The van der Waals surface area contributed by atoms with Gasteiger partial charge in [-0.3, -0.25) is 23.7 Å². The van der Waals surface area contributed by atoms with E-state index in [2.05, 4.69) is 0 Å². The van der Waals surface area contributed by atoms with Crippen LogP contribution in [0.2, 0.25) is 0 Å². The zero-order chi connectivity index (χ0) is 23.9. The first-order chi connectivity index (χ1) is 15.7. The second-order valence-electron chi connectivity index (χ2n) is 8.56. The zero-order valence-corrected chi connectivity index (χ0v) is 20.5. The number of hydrogen-bond acceptors (Lipinski definition) is 7. The van der Waals surface area contributed by atoms with Gasteiger partial charge < -0.3 is 10.6 Å². The van der Waals surface area contributed by atoms with E-state index in [1.807, 2.05) is 37.8 Å². The van der Waals surface area contributed by atoms with Crippen molar-refractivity contribution in [2.24, 2.45) is 11.7 Å². The minimum atomic E-state index is -0.300. The minimum Gasteiger partial charge on any atom is -0.369 e. The summed E-state index contributed by atoms with van der Waals surface area (Å²) in [6.07, 6.45) is 5.34. The van der Waals surface area contributed by atoms with Crippen molar-refractivity contribution < 1.29 is 9.59 Å². The molecule has 10 heteroatoms. The fourth-order valence-corrected chi connectivity index (χ4v) is 5.61. The number of hydrogen-bond donors (Lipinski definition) is 1. The van der Waals surface area contributed by atoms with Crippen LogP contribution in [0, 0.1) is 12.8 Å². The Bertz CT molecular complexity index is 1230. The topological polar surface area (TPSA) is 101 Å². The standard InChI is InChI=1S/C23H27N5O3S2/c1-4-14(3)28-22(31)17(33-23(28)32)11-16-20(26-9-7-15(8-10-26)19(24)29)25-18-6-5-13(2)12-27(18)21(16)30/h5-6,11-12,14-15H,4,7-10H2,1-3H3,(H2,24,29). The zero-order valence-electron chi connectivity index (χ0n) is 18.9. The van der Waals surface area contributed by atoms with Gasteiger partial charge in [0.1, 0.15) is 15.8 Å². The molecule has 0 bridgehead atoms. The number of aromatic nitrogens is 2. The summed E-state index contributed by atoms with van der Waals surface area (Å²) in [5, 5.41) is 0. The molecule has 174 valence electrons. The molecule has 0 saturated carbocycles. The van der Waals surface area contributed by atoms with Gasteiger partial charge in [-0.15, -0.1) is 0 Å². The average molecular weight is 486 g/mol. The van der Waals surface area contributed by atoms with E-state index in [1.165, 1.54) is 16.2 Å². The Morgan fingerprint density at radius 2 is 2.03 bits per heavy atom. The van der Waals surface area contributed by atoms with E-state index < -0.39 is 0 Å². The third kappa shape index (κ3) is 4.41. The van der Waals surface area contributed by atoms with Crippen LogP contribution in [0.25, 0.3) is 11.7 Å². The van der Waals surface area contributed by atoms with Crippen molar-refractivity contribution in [3.05, 3.63) is 44.7 Å². The lowest BCUT2D eigenvalue weighted by atomic mass is 9.96. The summed E-state index contributed by atoms with van der Waals surface area (Å²) in [6.45, 7) is 6.97. The molecule has 1 atom stereocenters. The van der Waals surface area contributed by atoms with Crippen LogP contribution in [0.15, 0.2) is 28.0 Å². The van der Waals surface area contributed by atoms with Gasteiger partial charge in [-0.25, -0.2) is 4.98 Å². The molecule has 2 N–H and O–H groups in total. The number of anilines is 1. The highest BCUT2D eigenvalue weighted by Gasteiger charge is 2.35. The number of fused-ring (bicyclic) bond motifs is 1. The van der Waals surface area contributed by atoms with Gasteiger partial charge in [0.05, 0.1) is 10.5 Å². The maximum absolute atomic E-state index is 13.6. The predicted molar refractivity (Wildman–Crippen MR) is 135 cm³/mol. The summed E-state index contributed by atoms with van der Waals surface area (Å²) in [7, 11) is 0. The van der Waals surface area contributed by atoms with Crippen LogP contribution in [0.4, 0.5) is 5.82 Å². The number of thioether (sulfide) groups is 1. The number of pyridine rings is 1. The van der Waals surface area contributed by atoms with Crippen LogP contribution in [-0.2, 0) is 9.59 Å². The second-order valence-corrected chi connectivity index (χ2v) is 10.2. The van der Waals surface area contributed by atoms with Crippen molar-refractivity contribution >= 4 is 57.7 Å². The summed E-state index contributed by atoms with van der Waals surface area (Å²) in [4.78, 5) is 47.1. The van der Waals surface area contributed by atoms with Crippen LogP contribution >= 0.6 is 24.0 Å². The largest absolute Gasteiger partial charge is 0.369 e. The maximum atomic E-state index is 13.6. The van der Waals surface area contributed by atoms with Crippen molar-refractivity contribution in [1.82, 2.24) is 14.3 Å². The van der Waals surface area contributed by atoms with Crippen LogP contribution in [0.1, 0.15) is 44.2 Å². The number of aryl methyl sites for hydroxylation is 1. The Labute approximate surface area is 201 Å². The van der Waals surface area contributed by atoms with Crippen LogP contribution in [0.5, 0.6) is 0 Å². The van der Waals surface area contributed by atoms with Gasteiger partial charge >= 0.3 is 0 Å². The van der Waals surface area contributed by atoms with Crippen molar-refractivity contribution in [1.29, 1.82) is 0 Å². The fraction of sp³-hybridized carbons (Fsp3) is 0.435. The Balaban J connectivity index is 1.82. The molecule has 8 nitrogen and oxygen atoms in total. The summed E-state index contributed by atoms with van der Waals surface area (Å²) in [6, 6.07) is 3.69. The van der Waals surface area contributed by atoms with Gasteiger partial charge in [0.15, 0.2) is 0 Å². The number of piperidine rings is 1. The number of primary amides is 1. The van der Waals surface area contributed by atoms with Gasteiger partial charge in [0, 0.05) is 31.2 Å². The Hall–Kier alpha value is -2.72. The molecule has 1 unspecified atom stereocenters. The average Bonchev–Trinajstić information content (AvgIpc) is 3.08. The smallest absolute Gasteiger partial charge is 0.267 e. The van der Waals surface area contributed by atoms with Gasteiger partial charge in [0.2, 0.25) is 5.91 Å². The molecular weight excluding hydrogens is 458 g/mol. The van der Waals surface area contributed by atoms with E-state index in [0.717, 1.165) is 12.0 Å². The lowest BCUT2D eigenvalue weighted by molar-refractivity contribution is -0.123. The molecule has 0 aromatic carbocycles. The molecule has 4 heterocycles. The summed E-state index contributed by atoms with van der Waals surface area (Å²) in [5.74, 6) is -0.154. The number of carbonyl (C=O) groups is 2. The molecule has 0 aliphatic carbocycles. The lowest BCUT2D eigenvalue weighted by Crippen LogP contribution is -2.40. The third-order valence-electron chi connectivity index (χ3n) is 6.31. The highest BCUT2D eigenvalue weighted by atomic mass is 32.2. The second kappa shape index (κ2) is 9.26. The Kier molecular flexibility index (Phi) is 6.58. The summed E-state index contributed by atoms with van der Waals surface area (Å²) in [5.41, 5.74) is 7.04. The predicted octanol–water partition coefficient (Wildman–Crippen LogP) is 2.70. The Morgan fingerprint density at radius 3 is 2.67 bits per heavy atom. The van der Waals surface area contributed by atoms with E-state index in [1.54, 1.807) is 17.2 Å². The highest BCUT2D eigenvalue weighted by molar-refractivity contribution is 8.26. The molecule has 0 radical (unpaired) electrons. The molecule has 2 fully saturated rings. The molecule has 2 aliphatic rings. The van der Waals surface area contributed by atoms with Crippen molar-refractivity contribution in [2.75, 3.05) is 18.0 Å². The molecule has 0 spiro atoms. The van der Waals surface area contributed by atoms with Crippen molar-refractivity contribution in [2.45, 2.75) is 46.1 Å². The Morgan fingerprint density at radius 1 is 1.33 bits per heavy atom. The minimum absolute atomic E-state index is 0.0193. The van der Waals surface area contributed by atoms with Gasteiger partial charge in [-0.1, -0.05) is 37.0 Å². The van der Waals surface area contributed by atoms with Gasteiger partial charge in [-0.05, 0) is 50.8 Å². The van der Waals surface area contributed by atoms with Crippen molar-refractivity contribution in [3.8, 4) is 0 Å². The first-order valence-electron chi connectivity index (χ1n) is 11.1. The normalized spacial score (nSPS) is 19.7. The number of thiocarbonyl (C=S) groups is 1. The quantitative estimate of drug-likeness (QED) is 0.513. The number of nitrogens with two attached hydrogens (primary N) is 1. The van der Waals surface area contributed by atoms with E-state index in [0.29, 0.717) is 52.2 Å². The number of amides is 2. The van der Waals surface area contributed by atoms with E-state index in [-0.39, 0.29) is 29.3 Å². The van der Waals surface area contributed by atoms with E-state index in [9.17, 15) is 14.4 Å². The summed E-state index contributed by atoms with van der Waals surface area (Å²) < 4.78 is 2.00. The van der Waals surface area contributed by atoms with E-state index in [4.69, 9.17) is 22.9 Å². The highest BCUT2D eigenvalue weighted by Crippen LogP contribution is 2.35. The molecule has 4 rings (SSSR count). The number of rotatable bonds is 5. The third-order valence-corrected chi connectivity index (χ3v) is 7.64. The molecule has 2 aromatic rings. The summed E-state index contributed by atoms with van der Waals surface area (Å²) >= 11 is 6.66. The number of nitrogens with zero attached hydrogens (tertiary/aromatic N) is 4. The van der Waals surface area contributed by atoms with Crippen LogP contribution < -0.4 is 16.2 Å². The first-order valence-corrected chi connectivity index (χ1v) is 12.3. The fourth-order valence-electron chi connectivity index (χ4n) is 4.16. The molecule has 2 saturated heterocycles. The van der Waals surface area contributed by atoms with Crippen LogP contribution in [-0.4, -0.2) is 49.6 Å². The van der Waals surface area contributed by atoms with Crippen molar-refractivity contribution in [3.63, 3.8) is 0 Å². The lowest BCUT2D eigenvalue weighted by Gasteiger charge is -2.32. The molecule has 33 heavy (non-hydrogen) atoms. The van der Waals surface area contributed by atoms with Crippen LogP contribution in [0.3, 0.4) is 0 Å². The molecular formula is C23H27N5O3S2. The maximum Gasteiger partial charge on any atom is 0.267 e. The van der Waals surface area contributed by atoms with Gasteiger partial charge in [-0.2, -0.15) is 0 Å².